The number of aromatic nitrogens is 4. The Labute approximate surface area is 115 Å². The molecule has 0 fully saturated rings. The predicted molar refractivity (Wildman–Crippen MR) is 66.7 cm³/mol. The monoisotopic (exact) mass is 289 g/mol. The summed E-state index contributed by atoms with van der Waals surface area (Å²) in [5.74, 6) is -0.936. The Kier molecular flexibility index (Phi) is 2.26. The zero-order chi connectivity index (χ0) is 14.6. The normalized spacial score (nSPS) is 16.5. The summed E-state index contributed by atoms with van der Waals surface area (Å²) in [7, 11) is 0. The fourth-order valence-electron chi connectivity index (χ4n) is 2.52. The molecule has 2 heterocycles. The molecule has 106 valence electrons. The number of hydrogen-bond acceptors (Lipinski definition) is 7. The number of hydrogen-bond donors (Lipinski definition) is 1. The van der Waals surface area contributed by atoms with E-state index in [0.717, 1.165) is 5.56 Å². The molecular weight excluding hydrogens is 281 g/mol. The summed E-state index contributed by atoms with van der Waals surface area (Å²) >= 11 is 0. The lowest BCUT2D eigenvalue weighted by Crippen LogP contribution is -2.31. The Hall–Kier alpha value is -2.97. The third kappa shape index (κ3) is 1.60. The zero-order valence-corrected chi connectivity index (χ0v) is 10.5. The van der Waals surface area contributed by atoms with Crippen LogP contribution in [0, 0.1) is 5.82 Å². The fourth-order valence-corrected chi connectivity index (χ4v) is 2.52. The van der Waals surface area contributed by atoms with Gasteiger partial charge in [0.2, 0.25) is 5.82 Å². The smallest absolute Gasteiger partial charge is 0.379 e. The SMILES string of the molecule is Nc1nonc1-c1noc(=O)n1C1Cc2ccc(F)cc21. The molecule has 0 amide bonds. The van der Waals surface area contributed by atoms with Crippen molar-refractivity contribution < 1.29 is 13.5 Å². The molecule has 0 saturated carbocycles. The number of fused-ring (bicyclic) bond motifs is 1. The number of nitrogen functional groups attached to an aromatic ring is 1. The van der Waals surface area contributed by atoms with Gasteiger partial charge in [-0.05, 0) is 40.0 Å². The van der Waals surface area contributed by atoms with Crippen molar-refractivity contribution in [2.45, 2.75) is 12.5 Å². The minimum Gasteiger partial charge on any atom is -0.379 e. The lowest BCUT2D eigenvalue weighted by molar-refractivity contribution is 0.309. The molecule has 1 unspecified atom stereocenters. The topological polar surface area (TPSA) is 113 Å². The quantitative estimate of drug-likeness (QED) is 0.740. The molecule has 21 heavy (non-hydrogen) atoms. The van der Waals surface area contributed by atoms with E-state index in [9.17, 15) is 9.18 Å². The molecule has 1 aliphatic carbocycles. The first-order chi connectivity index (χ1) is 10.1. The Morgan fingerprint density at radius 1 is 1.33 bits per heavy atom. The Balaban J connectivity index is 1.86. The van der Waals surface area contributed by atoms with Crippen molar-refractivity contribution in [1.29, 1.82) is 0 Å². The van der Waals surface area contributed by atoms with Crippen molar-refractivity contribution >= 4 is 5.82 Å². The molecule has 1 aliphatic rings. The third-order valence-corrected chi connectivity index (χ3v) is 3.55. The van der Waals surface area contributed by atoms with Crippen LogP contribution in [0.3, 0.4) is 0 Å². The van der Waals surface area contributed by atoms with Crippen LogP contribution in [0.4, 0.5) is 10.2 Å². The van der Waals surface area contributed by atoms with E-state index < -0.39 is 5.76 Å². The Morgan fingerprint density at radius 2 is 2.19 bits per heavy atom. The van der Waals surface area contributed by atoms with E-state index in [1.54, 1.807) is 6.07 Å². The van der Waals surface area contributed by atoms with E-state index in [2.05, 4.69) is 24.6 Å². The maximum absolute atomic E-state index is 13.4. The summed E-state index contributed by atoms with van der Waals surface area (Å²) < 4.78 is 23.8. The van der Waals surface area contributed by atoms with Gasteiger partial charge in [-0.3, -0.25) is 4.52 Å². The Morgan fingerprint density at radius 3 is 2.95 bits per heavy atom. The molecule has 1 aromatic carbocycles. The van der Waals surface area contributed by atoms with Crippen LogP contribution in [0.5, 0.6) is 0 Å². The highest BCUT2D eigenvalue weighted by Crippen LogP contribution is 2.38. The number of halogens is 1. The molecule has 9 heteroatoms. The lowest BCUT2D eigenvalue weighted by atomic mass is 9.83. The van der Waals surface area contributed by atoms with Crippen LogP contribution in [-0.2, 0) is 6.42 Å². The first-order valence-electron chi connectivity index (χ1n) is 6.10. The van der Waals surface area contributed by atoms with E-state index in [-0.39, 0.29) is 29.2 Å². The molecule has 0 spiro atoms. The number of anilines is 1. The highest BCUT2D eigenvalue weighted by molar-refractivity contribution is 5.62. The van der Waals surface area contributed by atoms with Gasteiger partial charge in [-0.1, -0.05) is 11.2 Å². The van der Waals surface area contributed by atoms with Crippen LogP contribution < -0.4 is 11.5 Å². The summed E-state index contributed by atoms with van der Waals surface area (Å²) in [4.78, 5) is 11.9. The van der Waals surface area contributed by atoms with Gasteiger partial charge in [-0.25, -0.2) is 18.4 Å². The molecular formula is C12H8FN5O3. The van der Waals surface area contributed by atoms with Gasteiger partial charge in [-0.15, -0.1) is 0 Å². The number of nitrogens with two attached hydrogens (primary N) is 1. The van der Waals surface area contributed by atoms with Crippen molar-refractivity contribution in [3.8, 4) is 11.5 Å². The van der Waals surface area contributed by atoms with E-state index in [4.69, 9.17) is 5.73 Å². The zero-order valence-electron chi connectivity index (χ0n) is 10.5. The van der Waals surface area contributed by atoms with Crippen molar-refractivity contribution in [1.82, 2.24) is 20.0 Å². The third-order valence-electron chi connectivity index (χ3n) is 3.55. The molecule has 0 radical (unpaired) electrons. The number of benzene rings is 1. The largest absolute Gasteiger partial charge is 0.442 e. The van der Waals surface area contributed by atoms with Crippen molar-refractivity contribution in [3.63, 3.8) is 0 Å². The molecule has 2 aromatic heterocycles. The van der Waals surface area contributed by atoms with Crippen LogP contribution >= 0.6 is 0 Å². The highest BCUT2D eigenvalue weighted by atomic mass is 19.1. The van der Waals surface area contributed by atoms with E-state index in [1.807, 2.05) is 0 Å². The minimum atomic E-state index is -0.674. The molecule has 3 aromatic rings. The standard InChI is InChI=1S/C12H8FN5O3/c13-6-2-1-5-3-8(7(5)4-6)18-11(17-20-12(18)19)9-10(14)16-21-15-9/h1-2,4,8H,3H2,(H2,14,16). The van der Waals surface area contributed by atoms with Crippen LogP contribution in [0.25, 0.3) is 11.5 Å². The molecule has 1 atom stereocenters. The van der Waals surface area contributed by atoms with Gasteiger partial charge in [0.1, 0.15) is 5.82 Å². The summed E-state index contributed by atoms with van der Waals surface area (Å²) in [6.45, 7) is 0. The van der Waals surface area contributed by atoms with Crippen molar-refractivity contribution in [2.75, 3.05) is 5.73 Å². The van der Waals surface area contributed by atoms with E-state index in [0.29, 0.717) is 12.0 Å². The second-order valence-electron chi connectivity index (χ2n) is 4.70. The summed E-state index contributed by atoms with van der Waals surface area (Å²) in [6.07, 6.45) is 0.564. The summed E-state index contributed by atoms with van der Waals surface area (Å²) in [5, 5.41) is 10.7. The van der Waals surface area contributed by atoms with Gasteiger partial charge in [0.25, 0.3) is 0 Å². The summed E-state index contributed by atoms with van der Waals surface area (Å²) in [5.41, 5.74) is 7.39. The average Bonchev–Trinajstić information content (AvgIpc) is 3.01. The van der Waals surface area contributed by atoms with Crippen LogP contribution in [0.2, 0.25) is 0 Å². The van der Waals surface area contributed by atoms with Gasteiger partial charge >= 0.3 is 5.76 Å². The van der Waals surface area contributed by atoms with Crippen molar-refractivity contribution in [3.05, 3.63) is 45.7 Å². The van der Waals surface area contributed by atoms with Crippen LogP contribution in [-0.4, -0.2) is 20.0 Å². The van der Waals surface area contributed by atoms with Crippen molar-refractivity contribution in [2.24, 2.45) is 0 Å². The summed E-state index contributed by atoms with van der Waals surface area (Å²) in [6, 6.07) is 4.08. The second kappa shape index (κ2) is 4.01. The molecule has 0 bridgehead atoms. The van der Waals surface area contributed by atoms with Gasteiger partial charge in [0.05, 0.1) is 6.04 Å². The van der Waals surface area contributed by atoms with E-state index in [1.165, 1.54) is 16.7 Å². The van der Waals surface area contributed by atoms with E-state index >= 15 is 0 Å². The second-order valence-corrected chi connectivity index (χ2v) is 4.70. The van der Waals surface area contributed by atoms with Gasteiger partial charge < -0.3 is 5.73 Å². The van der Waals surface area contributed by atoms with Crippen LogP contribution in [0.1, 0.15) is 17.2 Å². The fraction of sp³-hybridized carbons (Fsp3) is 0.167. The average molecular weight is 289 g/mol. The molecule has 0 saturated heterocycles. The first-order valence-corrected chi connectivity index (χ1v) is 6.10. The lowest BCUT2D eigenvalue weighted by Gasteiger charge is -2.30. The predicted octanol–water partition coefficient (Wildman–Crippen LogP) is 0.753. The first kappa shape index (κ1) is 11.8. The molecule has 4 rings (SSSR count). The minimum absolute atomic E-state index is 0.00385. The van der Waals surface area contributed by atoms with Crippen LogP contribution in [0.15, 0.2) is 32.1 Å². The number of rotatable bonds is 2. The Bertz CT molecular complexity index is 896. The van der Waals surface area contributed by atoms with Gasteiger partial charge in [0.15, 0.2) is 11.5 Å². The van der Waals surface area contributed by atoms with Gasteiger partial charge in [-0.2, -0.15) is 0 Å². The van der Waals surface area contributed by atoms with Gasteiger partial charge in [0, 0.05) is 0 Å². The molecule has 0 aliphatic heterocycles. The maximum atomic E-state index is 13.4. The molecule has 8 nitrogen and oxygen atoms in total. The highest BCUT2D eigenvalue weighted by Gasteiger charge is 2.34. The maximum Gasteiger partial charge on any atom is 0.442 e. The number of nitrogens with zero attached hydrogens (tertiary/aromatic N) is 4. The molecule has 2 N–H and O–H groups in total.